The third-order valence-corrected chi connectivity index (χ3v) is 12.1. The van der Waals surface area contributed by atoms with Crippen molar-refractivity contribution in [1.82, 2.24) is 0 Å². The molecule has 0 radical (unpaired) electrons. The Labute approximate surface area is 382 Å². The molecule has 63 heavy (non-hydrogen) atoms. The van der Waals surface area contributed by atoms with Crippen LogP contribution in [0.25, 0.3) is 0 Å². The van der Waals surface area contributed by atoms with E-state index in [-0.39, 0.29) is 77.6 Å². The maximum Gasteiger partial charge on any atom is 0.192 e. The van der Waals surface area contributed by atoms with Gasteiger partial charge in [-0.1, -0.05) is 108 Å². The number of hydrogen-bond donors (Lipinski definition) is 8. The van der Waals surface area contributed by atoms with Gasteiger partial charge in [0.15, 0.2) is 31.3 Å². The molecule has 8 N–H and O–H groups in total. The van der Waals surface area contributed by atoms with Crippen LogP contribution in [0.2, 0.25) is 18.1 Å². The molecule has 366 valence electrons. The van der Waals surface area contributed by atoms with Crippen LogP contribution in [0, 0.1) is 0 Å². The summed E-state index contributed by atoms with van der Waals surface area (Å²) in [7, 11) is -1.59. The molecule has 13 nitrogen and oxygen atoms in total. The lowest BCUT2D eigenvalue weighted by Crippen LogP contribution is -2.41. The fourth-order valence-corrected chi connectivity index (χ4v) is 4.60. The smallest absolute Gasteiger partial charge is 0.192 e. The van der Waals surface area contributed by atoms with Crippen molar-refractivity contribution < 1.29 is 64.2 Å². The van der Waals surface area contributed by atoms with Gasteiger partial charge in [-0.15, -0.1) is 0 Å². The highest BCUT2D eigenvalue weighted by Gasteiger charge is 2.36. The molecule has 0 aromatic heterocycles. The van der Waals surface area contributed by atoms with Gasteiger partial charge in [-0.2, -0.15) is 0 Å². The summed E-state index contributed by atoms with van der Waals surface area (Å²) in [5, 5.41) is 68.6. The van der Waals surface area contributed by atoms with E-state index in [4.69, 9.17) is 64.2 Å². The molecule has 0 aliphatic rings. The van der Waals surface area contributed by atoms with Crippen LogP contribution in [0.5, 0.6) is 46.0 Å². The maximum absolute atomic E-state index is 8.67. The lowest BCUT2D eigenvalue weighted by atomic mass is 10.2. The van der Waals surface area contributed by atoms with Crippen LogP contribution in [0.4, 0.5) is 0 Å². The van der Waals surface area contributed by atoms with Crippen LogP contribution < -0.4 is 18.9 Å². The molecule has 4 aromatic rings. The molecule has 0 saturated heterocycles. The summed E-state index contributed by atoms with van der Waals surface area (Å²) in [6.45, 7) is 20.0. The second-order valence-electron chi connectivity index (χ2n) is 13.8. The predicted molar refractivity (Wildman–Crippen MR) is 264 cm³/mol. The fraction of sp³-hybridized carbons (Fsp3) is 0.510. The monoisotopic (exact) mass is 913 g/mol. The minimum Gasteiger partial charge on any atom is -0.508 e. The Morgan fingerprint density at radius 2 is 0.810 bits per heavy atom. The molecule has 0 aliphatic carbocycles. The van der Waals surface area contributed by atoms with Gasteiger partial charge in [-0.3, -0.25) is 0 Å². The summed E-state index contributed by atoms with van der Waals surface area (Å²) >= 11 is 0. The molecule has 0 bridgehead atoms. The van der Waals surface area contributed by atoms with Crippen molar-refractivity contribution in [3.05, 3.63) is 97.1 Å². The quantitative estimate of drug-likeness (QED) is 0.0389. The van der Waals surface area contributed by atoms with Crippen LogP contribution in [0.15, 0.2) is 97.1 Å². The van der Waals surface area contributed by atoms with Gasteiger partial charge in [0, 0.05) is 18.7 Å². The van der Waals surface area contributed by atoms with Crippen LogP contribution in [-0.4, -0.2) is 109 Å². The molecule has 0 amide bonds. The SMILES string of the molecule is C.C.C.C.CC(C)(C)[Si](C)(C)OCCO.CCCO.CCCOc1cccc(OCCO)c1.CCCOc1ccccc1OCCO.Oc1cccc(O)c1.Oc1ccccc1O. The third-order valence-electron chi connectivity index (χ3n) is 7.59. The average molecular weight is 913 g/mol. The zero-order chi connectivity index (χ0) is 45.0. The number of benzene rings is 4. The van der Waals surface area contributed by atoms with Crippen molar-refractivity contribution in [2.75, 3.05) is 59.5 Å². The van der Waals surface area contributed by atoms with Gasteiger partial charge in [0.25, 0.3) is 0 Å². The first-order valence-electron chi connectivity index (χ1n) is 19.8. The summed E-state index contributed by atoms with van der Waals surface area (Å²) in [5.41, 5.74) is 0. The summed E-state index contributed by atoms with van der Waals surface area (Å²) in [5.74, 6) is 2.99. The van der Waals surface area contributed by atoms with Crippen molar-refractivity contribution in [3.8, 4) is 46.0 Å². The molecule has 0 atom stereocenters. The largest absolute Gasteiger partial charge is 0.508 e. The van der Waals surface area contributed by atoms with Crippen molar-refractivity contribution in [2.24, 2.45) is 0 Å². The standard InChI is InChI=1S/2C11H16O3.C8H20O2Si.2C6H6O2.C3H8O.4CH4/c1-2-7-13-10-4-3-5-11(9-10)14-8-6-12;1-2-8-13-10-5-3-4-6-11(10)14-9-7-12;1-8(2,3)11(4,5)10-7-6-9;7-5-2-1-3-6(8)4-5;7-5-3-1-2-4-6(5)8;1-2-3-4;;;;/h3-5,9,12H,2,6-8H2,1H3;3-6,12H,2,7-9H2,1H3;9H,6-7H2,1-5H3;2*1-4,7-8H;4H,2-3H2,1H3;4*1H4. The van der Waals surface area contributed by atoms with Crippen LogP contribution in [0.3, 0.4) is 0 Å². The van der Waals surface area contributed by atoms with Crippen LogP contribution in [0.1, 0.15) is 90.5 Å². The van der Waals surface area contributed by atoms with E-state index >= 15 is 0 Å². The second-order valence-corrected chi connectivity index (χ2v) is 18.6. The Balaban J connectivity index is -0.000000158. The lowest BCUT2D eigenvalue weighted by molar-refractivity contribution is 0.189. The van der Waals surface area contributed by atoms with Crippen molar-refractivity contribution >= 4 is 8.32 Å². The van der Waals surface area contributed by atoms with Gasteiger partial charge >= 0.3 is 0 Å². The zero-order valence-corrected chi connectivity index (χ0v) is 37.3. The molecule has 4 aromatic carbocycles. The number of phenols is 4. The first kappa shape index (κ1) is 70.0. The van der Waals surface area contributed by atoms with Crippen LogP contribution in [-0.2, 0) is 4.43 Å². The van der Waals surface area contributed by atoms with E-state index in [0.717, 1.165) is 36.5 Å². The Kier molecular flexibility index (Phi) is 48.8. The number of aromatic hydroxyl groups is 4. The number of aliphatic hydroxyl groups is 4. The summed E-state index contributed by atoms with van der Waals surface area (Å²) < 4.78 is 27.1. The maximum atomic E-state index is 8.67. The van der Waals surface area contributed by atoms with Crippen LogP contribution >= 0.6 is 0 Å². The minimum atomic E-state index is -1.59. The molecule has 14 heteroatoms. The summed E-state index contributed by atoms with van der Waals surface area (Å²) in [4.78, 5) is 0. The van der Waals surface area contributed by atoms with E-state index in [2.05, 4.69) is 47.7 Å². The minimum absolute atomic E-state index is 0. The molecular weight excluding hydrogens is 825 g/mol. The van der Waals surface area contributed by atoms with E-state index in [0.29, 0.717) is 45.4 Å². The molecule has 0 fully saturated rings. The number of hydrogen-bond acceptors (Lipinski definition) is 13. The Morgan fingerprint density at radius 3 is 1.16 bits per heavy atom. The Bertz CT molecular complexity index is 1480. The first-order valence-corrected chi connectivity index (χ1v) is 22.7. The van der Waals surface area contributed by atoms with E-state index in [1.54, 1.807) is 18.2 Å². The number of ether oxygens (including phenoxy) is 4. The highest BCUT2D eigenvalue weighted by atomic mass is 28.4. The molecule has 0 aliphatic heterocycles. The third kappa shape index (κ3) is 37.6. The predicted octanol–water partition coefficient (Wildman–Crippen LogP) is 10.8. The van der Waals surface area contributed by atoms with E-state index < -0.39 is 8.32 Å². The Hall–Kier alpha value is -4.70. The number of phenolic OH excluding ortho intramolecular Hbond substituents is 4. The second kappa shape index (κ2) is 43.9. The van der Waals surface area contributed by atoms with Gasteiger partial charge < -0.3 is 64.2 Å². The highest BCUT2D eigenvalue weighted by Crippen LogP contribution is 2.36. The van der Waals surface area contributed by atoms with Gasteiger partial charge in [0.1, 0.15) is 36.2 Å². The zero-order valence-electron chi connectivity index (χ0n) is 36.3. The van der Waals surface area contributed by atoms with Crippen molar-refractivity contribution in [3.63, 3.8) is 0 Å². The van der Waals surface area contributed by atoms with Crippen molar-refractivity contribution in [1.29, 1.82) is 0 Å². The van der Waals surface area contributed by atoms with Gasteiger partial charge in [0.2, 0.25) is 0 Å². The van der Waals surface area contributed by atoms with E-state index in [1.807, 2.05) is 55.5 Å². The number of rotatable bonds is 16. The van der Waals surface area contributed by atoms with Gasteiger partial charge in [0.05, 0.1) is 39.6 Å². The molecule has 4 rings (SSSR count). The molecule has 0 spiro atoms. The summed E-state index contributed by atoms with van der Waals surface area (Å²) in [6, 6.07) is 26.9. The van der Waals surface area contributed by atoms with E-state index in [9.17, 15) is 0 Å². The topological polar surface area (TPSA) is 208 Å². The normalized spacial score (nSPS) is 9.52. The molecule has 0 saturated carbocycles. The first-order chi connectivity index (χ1) is 28.1. The fourth-order valence-electron chi connectivity index (χ4n) is 3.57. The lowest BCUT2D eigenvalue weighted by Gasteiger charge is -2.35. The number of para-hydroxylation sites is 4. The van der Waals surface area contributed by atoms with E-state index in [1.165, 1.54) is 30.3 Å². The number of aliphatic hydroxyl groups excluding tert-OH is 4. The van der Waals surface area contributed by atoms with Gasteiger partial charge in [-0.25, -0.2) is 0 Å². The summed E-state index contributed by atoms with van der Waals surface area (Å²) in [6.07, 6.45) is 2.83. The highest BCUT2D eigenvalue weighted by molar-refractivity contribution is 6.74. The Morgan fingerprint density at radius 1 is 0.444 bits per heavy atom. The molecular formula is C49H88O13Si. The molecule has 0 unspecified atom stereocenters. The average Bonchev–Trinajstić information content (AvgIpc) is 3.22. The van der Waals surface area contributed by atoms with Crippen molar-refractivity contribution in [2.45, 2.75) is 109 Å². The molecule has 0 heterocycles. The van der Waals surface area contributed by atoms with Gasteiger partial charge in [-0.05, 0) is 85.9 Å².